The van der Waals surface area contributed by atoms with E-state index < -0.39 is 0 Å². The van der Waals surface area contributed by atoms with E-state index in [1.54, 1.807) is 24.3 Å². The highest BCUT2D eigenvalue weighted by Gasteiger charge is 2.15. The van der Waals surface area contributed by atoms with Crippen molar-refractivity contribution in [3.63, 3.8) is 0 Å². The minimum atomic E-state index is -0.188. The van der Waals surface area contributed by atoms with Crippen LogP contribution in [0, 0.1) is 0 Å². The Morgan fingerprint density at radius 3 is 2.70 bits per heavy atom. The molecular formula is C13H14N4OS2. The number of anilines is 1. The molecule has 104 valence electrons. The maximum absolute atomic E-state index is 12.2. The van der Waals surface area contributed by atoms with Crippen molar-refractivity contribution in [2.75, 3.05) is 5.32 Å². The third-order valence-electron chi connectivity index (χ3n) is 2.68. The second kappa shape index (κ2) is 6.53. The van der Waals surface area contributed by atoms with Crippen LogP contribution in [0.2, 0.25) is 0 Å². The predicted octanol–water partition coefficient (Wildman–Crippen LogP) is 2.38. The van der Waals surface area contributed by atoms with Crippen molar-refractivity contribution >= 4 is 40.3 Å². The molecule has 0 saturated carbocycles. The van der Waals surface area contributed by atoms with Crippen LogP contribution in [0.3, 0.4) is 0 Å². The van der Waals surface area contributed by atoms with Crippen LogP contribution in [-0.2, 0) is 6.42 Å². The minimum absolute atomic E-state index is 0.188. The number of hydrogen-bond donors (Lipinski definition) is 2. The molecule has 0 unspecified atom stereocenters. The van der Waals surface area contributed by atoms with Crippen molar-refractivity contribution < 1.29 is 4.79 Å². The second-order valence-electron chi connectivity index (χ2n) is 4.19. The number of carbonyl (C=O) groups is 1. The molecule has 1 amide bonds. The predicted molar refractivity (Wildman–Crippen MR) is 84.2 cm³/mol. The highest BCUT2D eigenvalue weighted by Crippen LogP contribution is 2.16. The summed E-state index contributed by atoms with van der Waals surface area (Å²) in [5.41, 5.74) is 7.72. The molecule has 2 rings (SSSR count). The Hall–Kier alpha value is -1.86. The van der Waals surface area contributed by atoms with E-state index in [0.717, 1.165) is 35.6 Å². The zero-order valence-corrected chi connectivity index (χ0v) is 12.6. The Kier molecular flexibility index (Phi) is 4.75. The van der Waals surface area contributed by atoms with Crippen LogP contribution in [-0.4, -0.2) is 20.5 Å². The lowest BCUT2D eigenvalue weighted by molar-refractivity contribution is 0.102. The molecule has 0 aliphatic carbocycles. The highest BCUT2D eigenvalue weighted by molar-refractivity contribution is 7.80. The van der Waals surface area contributed by atoms with Gasteiger partial charge in [-0.25, -0.2) is 0 Å². The number of carbonyl (C=O) groups excluding carboxylic acids is 1. The first-order valence-corrected chi connectivity index (χ1v) is 7.32. The fourth-order valence-corrected chi connectivity index (χ4v) is 2.43. The smallest absolute Gasteiger partial charge is 0.269 e. The van der Waals surface area contributed by atoms with Gasteiger partial charge in [0.25, 0.3) is 5.91 Å². The average molecular weight is 306 g/mol. The number of nitrogens with two attached hydrogens (primary N) is 1. The summed E-state index contributed by atoms with van der Waals surface area (Å²) in [6, 6.07) is 7.08. The minimum Gasteiger partial charge on any atom is -0.389 e. The standard InChI is InChI=1S/C13H14N4OS2/c1-2-3-10-11(20-17-16-10)13(18)15-9-6-4-8(5-7-9)12(14)19/h4-7H,2-3H2,1H3,(H2,14,19)(H,15,18). The van der Waals surface area contributed by atoms with Gasteiger partial charge in [-0.2, -0.15) is 0 Å². The molecule has 0 radical (unpaired) electrons. The van der Waals surface area contributed by atoms with E-state index in [1.807, 2.05) is 6.92 Å². The monoisotopic (exact) mass is 306 g/mol. The lowest BCUT2D eigenvalue weighted by Gasteiger charge is -2.05. The number of amides is 1. The molecule has 1 heterocycles. The lowest BCUT2D eigenvalue weighted by Crippen LogP contribution is -2.13. The van der Waals surface area contributed by atoms with E-state index in [9.17, 15) is 4.79 Å². The van der Waals surface area contributed by atoms with E-state index in [-0.39, 0.29) is 5.91 Å². The van der Waals surface area contributed by atoms with E-state index in [2.05, 4.69) is 14.9 Å². The van der Waals surface area contributed by atoms with E-state index in [1.165, 1.54) is 0 Å². The van der Waals surface area contributed by atoms with Gasteiger partial charge in [0.1, 0.15) is 9.87 Å². The van der Waals surface area contributed by atoms with Crippen molar-refractivity contribution in [2.24, 2.45) is 5.73 Å². The highest BCUT2D eigenvalue weighted by atomic mass is 32.1. The molecule has 7 heteroatoms. The summed E-state index contributed by atoms with van der Waals surface area (Å²) >= 11 is 5.99. The maximum Gasteiger partial charge on any atom is 0.269 e. The quantitative estimate of drug-likeness (QED) is 0.829. The molecule has 0 aliphatic rings. The van der Waals surface area contributed by atoms with Gasteiger partial charge in [0.05, 0.1) is 5.69 Å². The van der Waals surface area contributed by atoms with E-state index in [0.29, 0.717) is 15.6 Å². The number of benzene rings is 1. The van der Waals surface area contributed by atoms with Crippen molar-refractivity contribution in [3.8, 4) is 0 Å². The number of thiocarbonyl (C=S) groups is 1. The summed E-state index contributed by atoms with van der Waals surface area (Å²) in [5.74, 6) is -0.188. The molecule has 0 bridgehead atoms. The lowest BCUT2D eigenvalue weighted by atomic mass is 10.2. The third-order valence-corrected chi connectivity index (χ3v) is 3.68. The molecule has 5 nitrogen and oxygen atoms in total. The molecule has 1 aromatic carbocycles. The second-order valence-corrected chi connectivity index (χ2v) is 5.39. The van der Waals surface area contributed by atoms with Crippen LogP contribution >= 0.6 is 23.8 Å². The Balaban J connectivity index is 2.11. The maximum atomic E-state index is 12.2. The number of nitrogens with zero attached hydrogens (tertiary/aromatic N) is 2. The topological polar surface area (TPSA) is 80.9 Å². The van der Waals surface area contributed by atoms with Gasteiger partial charge in [-0.15, -0.1) is 5.10 Å². The van der Waals surface area contributed by atoms with Gasteiger partial charge < -0.3 is 11.1 Å². The first kappa shape index (κ1) is 14.5. The largest absolute Gasteiger partial charge is 0.389 e. The fourth-order valence-electron chi connectivity index (χ4n) is 1.69. The normalized spacial score (nSPS) is 10.2. The van der Waals surface area contributed by atoms with Gasteiger partial charge in [-0.05, 0) is 42.2 Å². The number of aryl methyl sites for hydroxylation is 1. The molecule has 0 atom stereocenters. The van der Waals surface area contributed by atoms with Crippen molar-refractivity contribution in [3.05, 3.63) is 40.4 Å². The van der Waals surface area contributed by atoms with Gasteiger partial charge in [-0.3, -0.25) is 4.79 Å². The summed E-state index contributed by atoms with van der Waals surface area (Å²) in [5, 5.41) is 6.80. The fraction of sp³-hybridized carbons (Fsp3) is 0.231. The Bertz CT molecular complexity index is 622. The van der Waals surface area contributed by atoms with E-state index >= 15 is 0 Å². The number of hydrogen-bond acceptors (Lipinski definition) is 5. The number of aromatic nitrogens is 2. The Morgan fingerprint density at radius 1 is 1.40 bits per heavy atom. The van der Waals surface area contributed by atoms with Crippen molar-refractivity contribution in [1.82, 2.24) is 9.59 Å². The van der Waals surface area contributed by atoms with Gasteiger partial charge in [-0.1, -0.05) is 30.1 Å². The van der Waals surface area contributed by atoms with Gasteiger partial charge >= 0.3 is 0 Å². The van der Waals surface area contributed by atoms with Crippen LogP contribution in [0.4, 0.5) is 5.69 Å². The van der Waals surface area contributed by atoms with Crippen LogP contribution in [0.15, 0.2) is 24.3 Å². The van der Waals surface area contributed by atoms with Crippen LogP contribution in [0.5, 0.6) is 0 Å². The molecule has 0 aliphatic heterocycles. The molecule has 3 N–H and O–H groups in total. The Morgan fingerprint density at radius 2 is 2.10 bits per heavy atom. The molecule has 0 spiro atoms. The third kappa shape index (κ3) is 3.37. The first-order valence-electron chi connectivity index (χ1n) is 6.14. The molecule has 0 fully saturated rings. The zero-order chi connectivity index (χ0) is 14.5. The van der Waals surface area contributed by atoms with Crippen LogP contribution in [0.1, 0.15) is 34.3 Å². The first-order chi connectivity index (χ1) is 9.61. The number of rotatable bonds is 5. The molecular weight excluding hydrogens is 292 g/mol. The van der Waals surface area contributed by atoms with Crippen molar-refractivity contribution in [2.45, 2.75) is 19.8 Å². The molecule has 1 aromatic heterocycles. The van der Waals surface area contributed by atoms with Gasteiger partial charge in [0.15, 0.2) is 0 Å². The Labute approximate surface area is 126 Å². The van der Waals surface area contributed by atoms with Gasteiger partial charge in [0, 0.05) is 11.3 Å². The van der Waals surface area contributed by atoms with Gasteiger partial charge in [0.2, 0.25) is 0 Å². The summed E-state index contributed by atoms with van der Waals surface area (Å²) in [7, 11) is 0. The van der Waals surface area contributed by atoms with E-state index in [4.69, 9.17) is 18.0 Å². The van der Waals surface area contributed by atoms with Crippen molar-refractivity contribution in [1.29, 1.82) is 0 Å². The number of nitrogens with one attached hydrogen (secondary N) is 1. The average Bonchev–Trinajstić information content (AvgIpc) is 2.88. The summed E-state index contributed by atoms with van der Waals surface area (Å²) in [6.45, 7) is 2.04. The molecule has 20 heavy (non-hydrogen) atoms. The summed E-state index contributed by atoms with van der Waals surface area (Å²) in [4.78, 5) is 13.1. The summed E-state index contributed by atoms with van der Waals surface area (Å²) < 4.78 is 3.84. The van der Waals surface area contributed by atoms with Crippen LogP contribution in [0.25, 0.3) is 0 Å². The molecule has 2 aromatic rings. The molecule has 0 saturated heterocycles. The SMILES string of the molecule is CCCc1nnsc1C(=O)Nc1ccc(C(N)=S)cc1. The zero-order valence-electron chi connectivity index (χ0n) is 10.9. The van der Waals surface area contributed by atoms with Crippen LogP contribution < -0.4 is 11.1 Å². The summed E-state index contributed by atoms with van der Waals surface area (Å²) in [6.07, 6.45) is 1.67.